The van der Waals surface area contributed by atoms with Crippen LogP contribution in [0.25, 0.3) is 10.8 Å². The minimum atomic E-state index is -1.25. The summed E-state index contributed by atoms with van der Waals surface area (Å²) >= 11 is 0. The first-order valence-electron chi connectivity index (χ1n) is 11.3. The number of urea groups is 1. The van der Waals surface area contributed by atoms with E-state index in [2.05, 4.69) is 20.8 Å². The zero-order chi connectivity index (χ0) is 25.6. The standard InChI is InChI=1S/C25H29N5O5/c1-23(2,3)34-22(33)28-24(4,5)19-26-18(35-29-19)14-30-20(31)25(6,27-21(30)32)17-13-9-11-15-10-7-8-12-16(15)17/h7-13H,14H2,1-6H3,(H,27,32)(H,28,33). The number of hydrogen-bond acceptors (Lipinski definition) is 7. The molecule has 0 bridgehead atoms. The maximum Gasteiger partial charge on any atom is 0.408 e. The van der Waals surface area contributed by atoms with Gasteiger partial charge in [0.2, 0.25) is 5.89 Å². The Labute approximate surface area is 203 Å². The van der Waals surface area contributed by atoms with Crippen LogP contribution in [0.3, 0.4) is 0 Å². The van der Waals surface area contributed by atoms with Crippen molar-refractivity contribution in [1.82, 2.24) is 25.7 Å². The lowest BCUT2D eigenvalue weighted by Crippen LogP contribution is -2.44. The number of carbonyl (C=O) groups is 3. The van der Waals surface area contributed by atoms with Crippen LogP contribution in [0.15, 0.2) is 47.0 Å². The first-order chi connectivity index (χ1) is 16.3. The molecule has 0 radical (unpaired) electrons. The summed E-state index contributed by atoms with van der Waals surface area (Å²) < 4.78 is 10.6. The van der Waals surface area contributed by atoms with Crippen LogP contribution in [-0.4, -0.2) is 38.7 Å². The van der Waals surface area contributed by atoms with Crippen molar-refractivity contribution in [2.45, 2.75) is 64.8 Å². The minimum Gasteiger partial charge on any atom is -0.444 e. The average Bonchev–Trinajstić information content (AvgIpc) is 3.31. The molecule has 35 heavy (non-hydrogen) atoms. The van der Waals surface area contributed by atoms with E-state index < -0.39 is 34.7 Å². The highest BCUT2D eigenvalue weighted by atomic mass is 16.6. The van der Waals surface area contributed by atoms with Crippen molar-refractivity contribution >= 4 is 28.8 Å². The van der Waals surface area contributed by atoms with E-state index in [4.69, 9.17) is 9.26 Å². The van der Waals surface area contributed by atoms with Gasteiger partial charge in [-0.3, -0.25) is 9.69 Å². The Morgan fingerprint density at radius 3 is 2.51 bits per heavy atom. The summed E-state index contributed by atoms with van der Waals surface area (Å²) in [7, 11) is 0. The average molecular weight is 480 g/mol. The summed E-state index contributed by atoms with van der Waals surface area (Å²) in [5.74, 6) is -0.184. The Kier molecular flexibility index (Phi) is 5.78. The molecule has 1 aromatic heterocycles. The van der Waals surface area contributed by atoms with Crippen LogP contribution >= 0.6 is 0 Å². The van der Waals surface area contributed by atoms with Crippen LogP contribution in [-0.2, 0) is 27.2 Å². The number of hydrogen-bond donors (Lipinski definition) is 2. The third kappa shape index (κ3) is 4.68. The zero-order valence-electron chi connectivity index (χ0n) is 20.6. The fourth-order valence-corrected chi connectivity index (χ4v) is 4.01. The highest BCUT2D eigenvalue weighted by Crippen LogP contribution is 2.34. The molecular weight excluding hydrogens is 450 g/mol. The van der Waals surface area contributed by atoms with Crippen molar-refractivity contribution < 1.29 is 23.6 Å². The maximum absolute atomic E-state index is 13.4. The second kappa shape index (κ2) is 8.37. The van der Waals surface area contributed by atoms with Crippen molar-refractivity contribution in [2.24, 2.45) is 0 Å². The number of nitrogens with zero attached hydrogens (tertiary/aromatic N) is 3. The van der Waals surface area contributed by atoms with Gasteiger partial charge in [0.1, 0.15) is 23.2 Å². The molecule has 1 aliphatic rings. The predicted molar refractivity (Wildman–Crippen MR) is 127 cm³/mol. The second-order valence-corrected chi connectivity index (χ2v) is 10.2. The number of amides is 4. The number of nitrogens with one attached hydrogen (secondary N) is 2. The van der Waals surface area contributed by atoms with Gasteiger partial charge in [-0.1, -0.05) is 47.6 Å². The van der Waals surface area contributed by atoms with E-state index in [-0.39, 0.29) is 18.3 Å². The predicted octanol–water partition coefficient (Wildman–Crippen LogP) is 3.95. The Morgan fingerprint density at radius 2 is 1.80 bits per heavy atom. The van der Waals surface area contributed by atoms with Gasteiger partial charge in [-0.05, 0) is 57.9 Å². The summed E-state index contributed by atoms with van der Waals surface area (Å²) in [6.07, 6.45) is -0.631. The molecule has 0 spiro atoms. The summed E-state index contributed by atoms with van der Waals surface area (Å²) in [5.41, 5.74) is -2.23. The SMILES string of the molecule is CC(C)(C)OC(=O)NC(C)(C)c1noc(CN2C(=O)NC(C)(c3cccc4ccccc34)C2=O)n1. The van der Waals surface area contributed by atoms with Crippen LogP contribution in [0, 0.1) is 0 Å². The summed E-state index contributed by atoms with van der Waals surface area (Å²) in [5, 5.41) is 11.3. The third-order valence-corrected chi connectivity index (χ3v) is 5.74. The molecule has 3 aromatic rings. The summed E-state index contributed by atoms with van der Waals surface area (Å²) in [6, 6.07) is 12.8. The number of alkyl carbamates (subject to hydrolysis) is 1. The molecule has 1 saturated heterocycles. The highest BCUT2D eigenvalue weighted by molar-refractivity contribution is 6.09. The molecule has 2 heterocycles. The molecule has 4 amide bonds. The number of fused-ring (bicyclic) bond motifs is 1. The van der Waals surface area contributed by atoms with E-state index in [1.807, 2.05) is 42.5 Å². The minimum absolute atomic E-state index is 0.0599. The van der Waals surface area contributed by atoms with Gasteiger partial charge in [-0.25, -0.2) is 9.59 Å². The van der Waals surface area contributed by atoms with Gasteiger partial charge in [-0.15, -0.1) is 0 Å². The van der Waals surface area contributed by atoms with Crippen LogP contribution in [0.2, 0.25) is 0 Å². The van der Waals surface area contributed by atoms with Gasteiger partial charge < -0.3 is 19.9 Å². The van der Waals surface area contributed by atoms with E-state index in [0.717, 1.165) is 15.7 Å². The van der Waals surface area contributed by atoms with Gasteiger partial charge in [0.25, 0.3) is 5.91 Å². The van der Waals surface area contributed by atoms with Gasteiger partial charge >= 0.3 is 12.1 Å². The quantitative estimate of drug-likeness (QED) is 0.531. The molecule has 0 saturated carbocycles. The van der Waals surface area contributed by atoms with E-state index in [1.54, 1.807) is 41.5 Å². The molecule has 1 fully saturated rings. The Balaban J connectivity index is 1.53. The Bertz CT molecular complexity index is 1300. The number of rotatable bonds is 5. The van der Waals surface area contributed by atoms with Crippen molar-refractivity contribution in [3.63, 3.8) is 0 Å². The summed E-state index contributed by atoms with van der Waals surface area (Å²) in [4.78, 5) is 43.8. The van der Waals surface area contributed by atoms with Crippen LogP contribution in [0.5, 0.6) is 0 Å². The van der Waals surface area contributed by atoms with Crippen molar-refractivity contribution in [1.29, 1.82) is 0 Å². The first-order valence-corrected chi connectivity index (χ1v) is 11.3. The van der Waals surface area contributed by atoms with E-state index >= 15 is 0 Å². The van der Waals surface area contributed by atoms with Gasteiger partial charge in [0.15, 0.2) is 5.82 Å². The number of aromatic nitrogens is 2. The molecule has 2 N–H and O–H groups in total. The highest BCUT2D eigenvalue weighted by Gasteiger charge is 2.50. The zero-order valence-corrected chi connectivity index (χ0v) is 20.6. The normalized spacial score (nSPS) is 18.6. The van der Waals surface area contributed by atoms with E-state index in [1.165, 1.54) is 0 Å². The largest absolute Gasteiger partial charge is 0.444 e. The number of imide groups is 1. The van der Waals surface area contributed by atoms with Crippen molar-refractivity contribution in [3.05, 3.63) is 59.7 Å². The van der Waals surface area contributed by atoms with Crippen molar-refractivity contribution in [2.75, 3.05) is 0 Å². The molecule has 1 atom stereocenters. The lowest BCUT2D eigenvalue weighted by atomic mass is 9.88. The van der Waals surface area contributed by atoms with Gasteiger partial charge in [0.05, 0.1) is 0 Å². The molecule has 184 valence electrons. The Hall–Kier alpha value is -3.95. The van der Waals surface area contributed by atoms with Crippen LogP contribution < -0.4 is 10.6 Å². The number of carbonyl (C=O) groups excluding carboxylic acids is 3. The first kappa shape index (κ1) is 24.2. The maximum atomic E-state index is 13.4. The smallest absolute Gasteiger partial charge is 0.408 e. The Morgan fingerprint density at radius 1 is 1.11 bits per heavy atom. The molecule has 0 aliphatic carbocycles. The fourth-order valence-electron chi connectivity index (χ4n) is 4.01. The van der Waals surface area contributed by atoms with Crippen molar-refractivity contribution in [3.8, 4) is 0 Å². The van der Waals surface area contributed by atoms with Gasteiger partial charge in [0, 0.05) is 0 Å². The lowest BCUT2D eigenvalue weighted by molar-refractivity contribution is -0.131. The molecule has 2 aromatic carbocycles. The molecular formula is C25H29N5O5. The molecule has 1 unspecified atom stereocenters. The van der Waals surface area contributed by atoms with E-state index in [0.29, 0.717) is 5.56 Å². The molecule has 4 rings (SSSR count). The third-order valence-electron chi connectivity index (χ3n) is 5.74. The van der Waals surface area contributed by atoms with Crippen LogP contribution in [0.4, 0.5) is 9.59 Å². The number of benzene rings is 2. The monoisotopic (exact) mass is 479 g/mol. The van der Waals surface area contributed by atoms with Crippen LogP contribution in [0.1, 0.15) is 58.8 Å². The fraction of sp³-hybridized carbons (Fsp3) is 0.400. The lowest BCUT2D eigenvalue weighted by Gasteiger charge is -2.26. The summed E-state index contributed by atoms with van der Waals surface area (Å²) in [6.45, 7) is 10.1. The topological polar surface area (TPSA) is 127 Å². The molecule has 10 heteroatoms. The number of ether oxygens (including phenoxy) is 1. The molecule has 10 nitrogen and oxygen atoms in total. The molecule has 1 aliphatic heterocycles. The second-order valence-electron chi connectivity index (χ2n) is 10.2. The van der Waals surface area contributed by atoms with Gasteiger partial charge in [-0.2, -0.15) is 4.98 Å². The van der Waals surface area contributed by atoms with E-state index in [9.17, 15) is 14.4 Å².